The number of piperidine rings is 1. The molecule has 0 unspecified atom stereocenters. The lowest BCUT2D eigenvalue weighted by Gasteiger charge is -2.25. The average molecular weight is 301 g/mol. The normalized spacial score (nSPS) is 15.5. The Bertz CT molecular complexity index is 573. The number of furan rings is 1. The molecule has 1 aromatic rings. The lowest BCUT2D eigenvalue weighted by molar-refractivity contribution is -0.126. The average Bonchev–Trinajstić information content (AvgIpc) is 3.03. The monoisotopic (exact) mass is 301 g/mol. The van der Waals surface area contributed by atoms with Gasteiger partial charge in [-0.2, -0.15) is 5.26 Å². The lowest BCUT2D eigenvalue weighted by atomic mass is 10.1. The van der Waals surface area contributed by atoms with Gasteiger partial charge in [0.15, 0.2) is 5.88 Å². The Morgan fingerprint density at radius 1 is 1.32 bits per heavy atom. The molecule has 0 saturated carbocycles. The Morgan fingerprint density at radius 3 is 2.59 bits per heavy atom. The van der Waals surface area contributed by atoms with Gasteiger partial charge >= 0.3 is 0 Å². The third kappa shape index (κ3) is 3.70. The van der Waals surface area contributed by atoms with Crippen molar-refractivity contribution in [2.24, 2.45) is 0 Å². The summed E-state index contributed by atoms with van der Waals surface area (Å²) in [5, 5.41) is 9.24. The Hall–Kier alpha value is -2.22. The van der Waals surface area contributed by atoms with Gasteiger partial charge in [0, 0.05) is 38.3 Å². The number of anilines is 1. The van der Waals surface area contributed by atoms with Gasteiger partial charge in [-0.05, 0) is 39.2 Å². The van der Waals surface area contributed by atoms with Gasteiger partial charge in [0.2, 0.25) is 0 Å². The molecule has 5 heteroatoms. The van der Waals surface area contributed by atoms with E-state index in [1.165, 1.54) is 25.3 Å². The fourth-order valence-corrected chi connectivity index (χ4v) is 2.67. The zero-order chi connectivity index (χ0) is 15.9. The van der Waals surface area contributed by atoms with Gasteiger partial charge in [0.1, 0.15) is 17.4 Å². The fourth-order valence-electron chi connectivity index (χ4n) is 2.67. The van der Waals surface area contributed by atoms with E-state index in [1.54, 1.807) is 4.90 Å². The molecule has 22 heavy (non-hydrogen) atoms. The standard InChI is InChI=1S/C17H23N3O2/c1-3-19(4-2)17(21)14(13-18)12-15-8-9-16(22-15)20-10-6-5-7-11-20/h8-9,12H,3-7,10-11H2,1-2H3/b14-12-. The van der Waals surface area contributed by atoms with Crippen LogP contribution in [0.1, 0.15) is 38.9 Å². The number of hydrogen-bond acceptors (Lipinski definition) is 4. The van der Waals surface area contributed by atoms with Crippen LogP contribution in [0.25, 0.3) is 6.08 Å². The van der Waals surface area contributed by atoms with Crippen LogP contribution in [0.4, 0.5) is 5.88 Å². The summed E-state index contributed by atoms with van der Waals surface area (Å²) < 4.78 is 5.78. The van der Waals surface area contributed by atoms with Gasteiger partial charge in [-0.15, -0.1) is 0 Å². The quantitative estimate of drug-likeness (QED) is 0.619. The molecule has 0 aromatic carbocycles. The second-order valence-corrected chi connectivity index (χ2v) is 5.37. The van der Waals surface area contributed by atoms with Crippen LogP contribution >= 0.6 is 0 Å². The van der Waals surface area contributed by atoms with Crippen molar-refractivity contribution in [1.82, 2.24) is 4.90 Å². The second-order valence-electron chi connectivity index (χ2n) is 5.37. The zero-order valence-electron chi connectivity index (χ0n) is 13.3. The predicted molar refractivity (Wildman–Crippen MR) is 86.3 cm³/mol. The third-order valence-electron chi connectivity index (χ3n) is 3.97. The van der Waals surface area contributed by atoms with Gasteiger partial charge in [-0.25, -0.2) is 0 Å². The first-order valence-corrected chi connectivity index (χ1v) is 7.95. The molecule has 1 amide bonds. The van der Waals surface area contributed by atoms with E-state index in [0.717, 1.165) is 19.0 Å². The van der Waals surface area contributed by atoms with Crippen molar-refractivity contribution in [3.05, 3.63) is 23.5 Å². The number of amides is 1. The number of rotatable bonds is 5. The summed E-state index contributed by atoms with van der Waals surface area (Å²) in [5.41, 5.74) is 0.114. The van der Waals surface area contributed by atoms with E-state index in [9.17, 15) is 10.1 Å². The summed E-state index contributed by atoms with van der Waals surface area (Å²) in [5.74, 6) is 1.12. The highest BCUT2D eigenvalue weighted by molar-refractivity contribution is 6.01. The summed E-state index contributed by atoms with van der Waals surface area (Å²) in [6, 6.07) is 5.71. The molecule has 0 spiro atoms. The van der Waals surface area contributed by atoms with Gasteiger partial charge in [-0.3, -0.25) is 4.79 Å². The Balaban J connectivity index is 2.15. The summed E-state index contributed by atoms with van der Waals surface area (Å²) in [4.78, 5) is 16.1. The van der Waals surface area contributed by atoms with Crippen LogP contribution in [0.15, 0.2) is 22.1 Å². The molecule has 0 aliphatic carbocycles. The molecule has 1 saturated heterocycles. The smallest absolute Gasteiger partial charge is 0.264 e. The number of carbonyl (C=O) groups excluding carboxylic acids is 1. The van der Waals surface area contributed by atoms with Crippen molar-refractivity contribution in [1.29, 1.82) is 5.26 Å². The highest BCUT2D eigenvalue weighted by Gasteiger charge is 2.17. The van der Waals surface area contributed by atoms with Gasteiger partial charge in [-0.1, -0.05) is 0 Å². The maximum absolute atomic E-state index is 12.2. The highest BCUT2D eigenvalue weighted by Crippen LogP contribution is 2.24. The van der Waals surface area contributed by atoms with E-state index in [2.05, 4.69) is 4.90 Å². The summed E-state index contributed by atoms with van der Waals surface area (Å²) in [6.07, 6.45) is 5.15. The Morgan fingerprint density at radius 2 is 2.00 bits per heavy atom. The van der Waals surface area contributed by atoms with Crippen LogP contribution in [0.2, 0.25) is 0 Å². The molecule has 5 nitrogen and oxygen atoms in total. The Labute approximate surface area is 131 Å². The first-order chi connectivity index (χ1) is 10.7. The fraction of sp³-hybridized carbons (Fsp3) is 0.529. The first kappa shape index (κ1) is 16.2. The van der Waals surface area contributed by atoms with E-state index < -0.39 is 0 Å². The molecule has 1 fully saturated rings. The van der Waals surface area contributed by atoms with Gasteiger partial charge < -0.3 is 14.2 Å². The van der Waals surface area contributed by atoms with E-state index >= 15 is 0 Å². The third-order valence-corrected chi connectivity index (χ3v) is 3.97. The summed E-state index contributed by atoms with van der Waals surface area (Å²) in [7, 11) is 0. The molecule has 2 heterocycles. The second kappa shape index (κ2) is 7.69. The van der Waals surface area contributed by atoms with Gasteiger partial charge in [0.05, 0.1) is 0 Å². The van der Waals surface area contributed by atoms with Crippen LogP contribution < -0.4 is 4.90 Å². The van der Waals surface area contributed by atoms with Crippen molar-refractivity contribution in [3.63, 3.8) is 0 Å². The van der Waals surface area contributed by atoms with E-state index in [4.69, 9.17) is 4.42 Å². The predicted octanol–water partition coefficient (Wildman–Crippen LogP) is 3.05. The number of nitriles is 1. The summed E-state index contributed by atoms with van der Waals surface area (Å²) in [6.45, 7) is 6.98. The van der Waals surface area contributed by atoms with Crippen LogP contribution in [0.5, 0.6) is 0 Å². The molecule has 0 N–H and O–H groups in total. The molecule has 1 aliphatic rings. The van der Waals surface area contributed by atoms with Crippen LogP contribution in [0.3, 0.4) is 0 Å². The van der Waals surface area contributed by atoms with E-state index in [-0.39, 0.29) is 11.5 Å². The number of nitrogens with zero attached hydrogens (tertiary/aromatic N) is 3. The van der Waals surface area contributed by atoms with Crippen molar-refractivity contribution in [2.75, 3.05) is 31.1 Å². The van der Waals surface area contributed by atoms with Crippen molar-refractivity contribution in [3.8, 4) is 6.07 Å². The maximum atomic E-state index is 12.2. The van der Waals surface area contributed by atoms with Crippen LogP contribution in [-0.2, 0) is 4.79 Å². The largest absolute Gasteiger partial charge is 0.441 e. The number of likely N-dealkylation sites (N-methyl/N-ethyl adjacent to an activating group) is 1. The molecular formula is C17H23N3O2. The van der Waals surface area contributed by atoms with E-state index in [1.807, 2.05) is 32.0 Å². The highest BCUT2D eigenvalue weighted by atomic mass is 16.4. The molecule has 0 atom stereocenters. The molecule has 0 radical (unpaired) electrons. The van der Waals surface area contributed by atoms with Crippen molar-refractivity contribution >= 4 is 17.9 Å². The van der Waals surface area contributed by atoms with Crippen LogP contribution in [-0.4, -0.2) is 37.0 Å². The Kier molecular flexibility index (Phi) is 5.65. The first-order valence-electron chi connectivity index (χ1n) is 7.95. The SMILES string of the molecule is CCN(CC)C(=O)/C(C#N)=C\c1ccc(N2CCCCC2)o1. The summed E-state index contributed by atoms with van der Waals surface area (Å²) >= 11 is 0. The minimum absolute atomic E-state index is 0.114. The number of carbonyl (C=O) groups is 1. The maximum Gasteiger partial charge on any atom is 0.264 e. The van der Waals surface area contributed by atoms with Crippen molar-refractivity contribution < 1.29 is 9.21 Å². The van der Waals surface area contributed by atoms with Gasteiger partial charge in [0.25, 0.3) is 5.91 Å². The minimum Gasteiger partial charge on any atom is -0.441 e. The van der Waals surface area contributed by atoms with Crippen LogP contribution in [0, 0.1) is 11.3 Å². The molecule has 2 rings (SSSR count). The lowest BCUT2D eigenvalue weighted by Crippen LogP contribution is -2.31. The van der Waals surface area contributed by atoms with Crippen molar-refractivity contribution in [2.45, 2.75) is 33.1 Å². The molecule has 1 aromatic heterocycles. The number of hydrogen-bond donors (Lipinski definition) is 0. The molecule has 1 aliphatic heterocycles. The minimum atomic E-state index is -0.247. The molecule has 0 bridgehead atoms. The molecular weight excluding hydrogens is 278 g/mol. The molecule has 118 valence electrons. The topological polar surface area (TPSA) is 60.5 Å². The van der Waals surface area contributed by atoms with E-state index in [0.29, 0.717) is 18.8 Å². The zero-order valence-corrected chi connectivity index (χ0v) is 13.3.